The highest BCUT2D eigenvalue weighted by molar-refractivity contribution is 5.96. The summed E-state index contributed by atoms with van der Waals surface area (Å²) in [6.45, 7) is 3.48. The summed E-state index contributed by atoms with van der Waals surface area (Å²) in [5.41, 5.74) is 2.56. The van der Waals surface area contributed by atoms with Crippen LogP contribution in [0.25, 0.3) is 0 Å². The van der Waals surface area contributed by atoms with Gasteiger partial charge in [0.2, 0.25) is 0 Å². The predicted molar refractivity (Wildman–Crippen MR) is 136 cm³/mol. The largest absolute Gasteiger partial charge is 0.504 e. The van der Waals surface area contributed by atoms with Crippen LogP contribution in [0.3, 0.4) is 0 Å². The van der Waals surface area contributed by atoms with Crippen LogP contribution in [0.15, 0.2) is 78.9 Å². The Hall–Kier alpha value is -3.51. The highest BCUT2D eigenvalue weighted by Gasteiger charge is 2.42. The fourth-order valence-electron chi connectivity index (χ4n) is 5.66. The maximum atomic E-state index is 13.4. The Labute approximate surface area is 206 Å². The van der Waals surface area contributed by atoms with E-state index < -0.39 is 6.09 Å². The summed E-state index contributed by atoms with van der Waals surface area (Å²) in [6, 6.07) is 24.9. The van der Waals surface area contributed by atoms with Gasteiger partial charge in [-0.15, -0.1) is 0 Å². The van der Waals surface area contributed by atoms with Crippen LogP contribution in [-0.4, -0.2) is 42.9 Å². The molecule has 2 bridgehead atoms. The molecule has 35 heavy (non-hydrogen) atoms. The minimum Gasteiger partial charge on any atom is -0.504 e. The molecule has 0 aromatic heterocycles. The van der Waals surface area contributed by atoms with Crippen molar-refractivity contribution in [3.63, 3.8) is 0 Å². The Morgan fingerprint density at radius 1 is 0.943 bits per heavy atom. The number of anilines is 2. The fourth-order valence-corrected chi connectivity index (χ4v) is 5.66. The van der Waals surface area contributed by atoms with Crippen LogP contribution in [0, 0.1) is 17.8 Å². The number of benzene rings is 3. The molecule has 5 rings (SSSR count). The summed E-state index contributed by atoms with van der Waals surface area (Å²) in [5, 5.41) is 10.3. The number of para-hydroxylation sites is 1. The standard InChI is InChI=1S/C29H32N2O4/c1-34-28-15-14-25(16-27(28)32)31(24-10-6-3-7-11-24)29(33)35-20-26-22-12-13-23(26)19-30(18-22)17-21-8-4-2-5-9-21/h2-11,14-16,22-23,26,32H,12-13,17-20H2,1H3. The van der Waals surface area contributed by atoms with Crippen molar-refractivity contribution < 1.29 is 19.4 Å². The van der Waals surface area contributed by atoms with Crippen molar-refractivity contribution in [2.24, 2.45) is 17.8 Å². The van der Waals surface area contributed by atoms with Gasteiger partial charge in [-0.05, 0) is 54.5 Å². The number of fused-ring (bicyclic) bond motifs is 2. The molecule has 2 unspecified atom stereocenters. The molecule has 1 aliphatic carbocycles. The summed E-state index contributed by atoms with van der Waals surface area (Å²) in [5.74, 6) is 1.80. The third kappa shape index (κ3) is 5.13. The second-order valence-electron chi connectivity index (χ2n) is 9.55. The van der Waals surface area contributed by atoms with Crippen LogP contribution >= 0.6 is 0 Å². The first-order valence-electron chi connectivity index (χ1n) is 12.3. The first-order chi connectivity index (χ1) is 17.1. The number of amides is 1. The predicted octanol–water partition coefficient (Wildman–Crippen LogP) is 5.83. The number of aromatic hydroxyl groups is 1. The average Bonchev–Trinajstić information content (AvgIpc) is 3.12. The summed E-state index contributed by atoms with van der Waals surface area (Å²) in [4.78, 5) is 17.4. The Morgan fingerprint density at radius 3 is 2.23 bits per heavy atom. The molecule has 182 valence electrons. The van der Waals surface area contributed by atoms with Crippen LogP contribution in [-0.2, 0) is 11.3 Å². The van der Waals surface area contributed by atoms with Crippen molar-refractivity contribution in [3.05, 3.63) is 84.4 Å². The van der Waals surface area contributed by atoms with Crippen molar-refractivity contribution in [3.8, 4) is 11.5 Å². The number of nitrogens with zero attached hydrogens (tertiary/aromatic N) is 2. The molecule has 3 aromatic rings. The third-order valence-electron chi connectivity index (χ3n) is 7.37. The Bertz CT molecular complexity index is 1120. The lowest BCUT2D eigenvalue weighted by atomic mass is 9.85. The zero-order valence-electron chi connectivity index (χ0n) is 20.0. The summed E-state index contributed by atoms with van der Waals surface area (Å²) in [7, 11) is 1.50. The maximum Gasteiger partial charge on any atom is 0.418 e. The number of carbonyl (C=O) groups excluding carboxylic acids is 1. The van der Waals surface area contributed by atoms with Crippen molar-refractivity contribution in [2.45, 2.75) is 19.4 Å². The molecule has 2 atom stereocenters. The second kappa shape index (κ2) is 10.4. The number of likely N-dealkylation sites (tertiary alicyclic amines) is 1. The topological polar surface area (TPSA) is 62.2 Å². The van der Waals surface area contributed by atoms with Gasteiger partial charge in [0.1, 0.15) is 0 Å². The number of hydrogen-bond acceptors (Lipinski definition) is 5. The lowest BCUT2D eigenvalue weighted by Gasteiger charge is -2.38. The first kappa shape index (κ1) is 23.2. The summed E-state index contributed by atoms with van der Waals surface area (Å²) >= 11 is 0. The van der Waals surface area contributed by atoms with Crippen LogP contribution in [0.4, 0.5) is 16.2 Å². The average molecular weight is 473 g/mol. The van der Waals surface area contributed by atoms with Gasteiger partial charge in [0.25, 0.3) is 0 Å². The number of carbonyl (C=O) groups is 1. The van der Waals surface area contributed by atoms with E-state index in [0.717, 1.165) is 19.6 Å². The minimum absolute atomic E-state index is 0.0254. The van der Waals surface area contributed by atoms with E-state index in [1.54, 1.807) is 12.1 Å². The van der Waals surface area contributed by atoms with E-state index in [0.29, 0.717) is 41.5 Å². The first-order valence-corrected chi connectivity index (χ1v) is 12.3. The van der Waals surface area contributed by atoms with Crippen molar-refractivity contribution in [2.75, 3.05) is 31.7 Å². The number of rotatable bonds is 7. The van der Waals surface area contributed by atoms with E-state index in [1.807, 2.05) is 30.3 Å². The van der Waals surface area contributed by atoms with Gasteiger partial charge in [0.05, 0.1) is 25.1 Å². The van der Waals surface area contributed by atoms with Crippen molar-refractivity contribution in [1.29, 1.82) is 0 Å². The van der Waals surface area contributed by atoms with Crippen LogP contribution in [0.2, 0.25) is 0 Å². The van der Waals surface area contributed by atoms with Gasteiger partial charge < -0.3 is 14.6 Å². The van der Waals surface area contributed by atoms with Crippen LogP contribution in [0.1, 0.15) is 18.4 Å². The summed E-state index contributed by atoms with van der Waals surface area (Å²) in [6.07, 6.45) is 1.94. The highest BCUT2D eigenvalue weighted by Crippen LogP contribution is 2.43. The van der Waals surface area contributed by atoms with E-state index in [9.17, 15) is 9.90 Å². The number of piperidine rings is 1. The van der Waals surface area contributed by atoms with Gasteiger partial charge in [0, 0.05) is 31.6 Å². The molecule has 1 saturated carbocycles. The van der Waals surface area contributed by atoms with Crippen LogP contribution < -0.4 is 9.64 Å². The van der Waals surface area contributed by atoms with E-state index in [-0.39, 0.29) is 5.75 Å². The molecule has 1 aliphatic heterocycles. The molecule has 2 fully saturated rings. The minimum atomic E-state index is -0.438. The highest BCUT2D eigenvalue weighted by atomic mass is 16.6. The zero-order valence-corrected chi connectivity index (χ0v) is 20.0. The molecule has 1 saturated heterocycles. The monoisotopic (exact) mass is 472 g/mol. The number of phenols is 1. The van der Waals surface area contributed by atoms with Crippen LogP contribution in [0.5, 0.6) is 11.5 Å². The molecule has 0 spiro atoms. The number of hydrogen-bond donors (Lipinski definition) is 1. The normalized spacial score (nSPS) is 21.5. The molecule has 1 N–H and O–H groups in total. The number of ether oxygens (including phenoxy) is 2. The quantitative estimate of drug-likeness (QED) is 0.469. The second-order valence-corrected chi connectivity index (χ2v) is 9.55. The Balaban J connectivity index is 1.27. The molecule has 6 nitrogen and oxygen atoms in total. The molecule has 0 radical (unpaired) electrons. The van der Waals surface area contributed by atoms with Crippen molar-refractivity contribution in [1.82, 2.24) is 4.90 Å². The third-order valence-corrected chi connectivity index (χ3v) is 7.37. The van der Waals surface area contributed by atoms with Gasteiger partial charge in [-0.1, -0.05) is 48.5 Å². The molecule has 1 amide bonds. The maximum absolute atomic E-state index is 13.4. The van der Waals surface area contributed by atoms with E-state index >= 15 is 0 Å². The van der Waals surface area contributed by atoms with Gasteiger partial charge in [-0.3, -0.25) is 4.90 Å². The Kier molecular flexibility index (Phi) is 6.91. The van der Waals surface area contributed by atoms with Gasteiger partial charge in [0.15, 0.2) is 11.5 Å². The molecule has 6 heteroatoms. The lowest BCUT2D eigenvalue weighted by molar-refractivity contribution is 0.0514. The van der Waals surface area contributed by atoms with Gasteiger partial charge in [-0.2, -0.15) is 0 Å². The summed E-state index contributed by atoms with van der Waals surface area (Å²) < 4.78 is 11.1. The molecular formula is C29H32N2O4. The van der Waals surface area contributed by atoms with Gasteiger partial charge in [-0.25, -0.2) is 9.69 Å². The molecule has 1 heterocycles. The van der Waals surface area contributed by atoms with Crippen molar-refractivity contribution >= 4 is 17.5 Å². The number of methoxy groups -OCH3 is 1. The fraction of sp³-hybridized carbons (Fsp3) is 0.345. The van der Waals surface area contributed by atoms with E-state index in [2.05, 4.69) is 35.2 Å². The number of phenolic OH excluding ortho intramolecular Hbond substituents is 1. The molecule has 2 aliphatic rings. The lowest BCUT2D eigenvalue weighted by Crippen LogP contribution is -2.43. The van der Waals surface area contributed by atoms with E-state index in [4.69, 9.17) is 9.47 Å². The Morgan fingerprint density at radius 2 is 1.60 bits per heavy atom. The smallest absolute Gasteiger partial charge is 0.418 e. The molecular weight excluding hydrogens is 440 g/mol. The van der Waals surface area contributed by atoms with Gasteiger partial charge >= 0.3 is 6.09 Å². The van der Waals surface area contributed by atoms with E-state index in [1.165, 1.54) is 36.5 Å². The molecule has 3 aromatic carbocycles. The zero-order chi connectivity index (χ0) is 24.2. The SMILES string of the molecule is COc1ccc(N(C(=O)OCC2C3CCC2CN(Cc2ccccc2)C3)c2ccccc2)cc1O.